The van der Waals surface area contributed by atoms with E-state index in [0.717, 1.165) is 26.1 Å². The standard InChI is InChI=1S/C14H19NO2/c1-11(14(16)17-2)9-15-8-7-12-5-3-4-6-13(12)10-15/h3-6,11H,7-10H2,1-2H3/t11-/m1/s1. The highest BCUT2D eigenvalue weighted by molar-refractivity contribution is 5.72. The van der Waals surface area contributed by atoms with Crippen molar-refractivity contribution in [2.45, 2.75) is 19.9 Å². The lowest BCUT2D eigenvalue weighted by Crippen LogP contribution is -2.36. The van der Waals surface area contributed by atoms with Crippen LogP contribution in [0.25, 0.3) is 0 Å². The van der Waals surface area contributed by atoms with Gasteiger partial charge in [-0.2, -0.15) is 0 Å². The molecule has 0 bridgehead atoms. The summed E-state index contributed by atoms with van der Waals surface area (Å²) in [6, 6.07) is 8.53. The molecule has 0 N–H and O–H groups in total. The molecule has 1 aliphatic rings. The summed E-state index contributed by atoms with van der Waals surface area (Å²) in [6.45, 7) is 4.67. The molecule has 0 radical (unpaired) electrons. The number of rotatable bonds is 3. The molecule has 0 fully saturated rings. The van der Waals surface area contributed by atoms with E-state index in [4.69, 9.17) is 4.74 Å². The van der Waals surface area contributed by atoms with Gasteiger partial charge in [0.2, 0.25) is 0 Å². The van der Waals surface area contributed by atoms with Crippen molar-refractivity contribution < 1.29 is 9.53 Å². The number of hydrogen-bond donors (Lipinski definition) is 0. The van der Waals surface area contributed by atoms with Gasteiger partial charge in [0, 0.05) is 19.6 Å². The van der Waals surface area contributed by atoms with E-state index in [1.165, 1.54) is 18.2 Å². The van der Waals surface area contributed by atoms with Crippen LogP contribution in [0.2, 0.25) is 0 Å². The molecule has 3 nitrogen and oxygen atoms in total. The second-order valence-electron chi connectivity index (χ2n) is 4.68. The van der Waals surface area contributed by atoms with Crippen molar-refractivity contribution in [3.05, 3.63) is 35.4 Å². The number of hydrogen-bond acceptors (Lipinski definition) is 3. The second-order valence-corrected chi connectivity index (χ2v) is 4.68. The fourth-order valence-corrected chi connectivity index (χ4v) is 2.37. The molecule has 17 heavy (non-hydrogen) atoms. The zero-order valence-electron chi connectivity index (χ0n) is 10.5. The molecule has 1 aromatic rings. The highest BCUT2D eigenvalue weighted by atomic mass is 16.5. The molecule has 1 aromatic carbocycles. The van der Waals surface area contributed by atoms with Crippen LogP contribution >= 0.6 is 0 Å². The van der Waals surface area contributed by atoms with Crippen LogP contribution in [0.5, 0.6) is 0 Å². The molecule has 1 atom stereocenters. The van der Waals surface area contributed by atoms with Crippen molar-refractivity contribution in [1.82, 2.24) is 4.90 Å². The Hall–Kier alpha value is -1.35. The first-order valence-corrected chi connectivity index (χ1v) is 6.07. The SMILES string of the molecule is COC(=O)[C@H](C)CN1CCc2ccccc2C1. The number of carbonyl (C=O) groups excluding carboxylic acids is 1. The smallest absolute Gasteiger partial charge is 0.309 e. The Balaban J connectivity index is 1.96. The lowest BCUT2D eigenvalue weighted by Gasteiger charge is -2.30. The van der Waals surface area contributed by atoms with Gasteiger partial charge in [0.1, 0.15) is 0 Å². The molecule has 1 heterocycles. The van der Waals surface area contributed by atoms with Crippen molar-refractivity contribution in [2.75, 3.05) is 20.2 Å². The van der Waals surface area contributed by atoms with Crippen molar-refractivity contribution >= 4 is 5.97 Å². The van der Waals surface area contributed by atoms with E-state index < -0.39 is 0 Å². The number of ether oxygens (including phenoxy) is 1. The van der Waals surface area contributed by atoms with E-state index in [2.05, 4.69) is 29.2 Å². The number of fused-ring (bicyclic) bond motifs is 1. The third kappa shape index (κ3) is 2.86. The number of carbonyl (C=O) groups is 1. The van der Waals surface area contributed by atoms with Gasteiger partial charge in [-0.15, -0.1) is 0 Å². The Bertz CT molecular complexity index is 403. The summed E-state index contributed by atoms with van der Waals surface area (Å²) in [5, 5.41) is 0. The van der Waals surface area contributed by atoms with Crippen LogP contribution in [0, 0.1) is 5.92 Å². The highest BCUT2D eigenvalue weighted by Gasteiger charge is 2.21. The second kappa shape index (κ2) is 5.32. The van der Waals surface area contributed by atoms with E-state index in [9.17, 15) is 4.79 Å². The van der Waals surface area contributed by atoms with Gasteiger partial charge in [0.15, 0.2) is 0 Å². The third-order valence-electron chi connectivity index (χ3n) is 3.35. The Morgan fingerprint density at radius 3 is 2.82 bits per heavy atom. The van der Waals surface area contributed by atoms with Gasteiger partial charge in [-0.1, -0.05) is 31.2 Å². The summed E-state index contributed by atoms with van der Waals surface area (Å²) in [5.41, 5.74) is 2.82. The number of esters is 1. The van der Waals surface area contributed by atoms with Gasteiger partial charge in [-0.05, 0) is 17.5 Å². The summed E-state index contributed by atoms with van der Waals surface area (Å²) < 4.78 is 4.76. The largest absolute Gasteiger partial charge is 0.469 e. The molecular weight excluding hydrogens is 214 g/mol. The quantitative estimate of drug-likeness (QED) is 0.746. The summed E-state index contributed by atoms with van der Waals surface area (Å²) in [7, 11) is 1.45. The van der Waals surface area contributed by atoms with Crippen molar-refractivity contribution in [3.63, 3.8) is 0 Å². The minimum absolute atomic E-state index is 0.0507. The van der Waals surface area contributed by atoms with Crippen LogP contribution in [0.1, 0.15) is 18.1 Å². The van der Waals surface area contributed by atoms with Gasteiger partial charge >= 0.3 is 5.97 Å². The average Bonchev–Trinajstić information content (AvgIpc) is 2.37. The summed E-state index contributed by atoms with van der Waals surface area (Å²) in [6.07, 6.45) is 1.07. The minimum Gasteiger partial charge on any atom is -0.469 e. The van der Waals surface area contributed by atoms with Crippen molar-refractivity contribution in [1.29, 1.82) is 0 Å². The highest BCUT2D eigenvalue weighted by Crippen LogP contribution is 2.19. The van der Waals surface area contributed by atoms with E-state index in [1.807, 2.05) is 6.92 Å². The molecule has 0 saturated heterocycles. The Morgan fingerprint density at radius 2 is 2.12 bits per heavy atom. The lowest BCUT2D eigenvalue weighted by atomic mass is 9.99. The predicted molar refractivity (Wildman–Crippen MR) is 66.6 cm³/mol. The van der Waals surface area contributed by atoms with Gasteiger partial charge in [-0.3, -0.25) is 9.69 Å². The van der Waals surface area contributed by atoms with Crippen LogP contribution < -0.4 is 0 Å². The minimum atomic E-state index is -0.121. The molecule has 1 aliphatic heterocycles. The molecule has 0 unspecified atom stereocenters. The normalized spacial score (nSPS) is 17.3. The topological polar surface area (TPSA) is 29.5 Å². The molecule has 2 rings (SSSR count). The Kier molecular flexibility index (Phi) is 3.79. The first-order valence-electron chi connectivity index (χ1n) is 6.07. The van der Waals surface area contributed by atoms with Crippen molar-refractivity contribution in [2.24, 2.45) is 5.92 Å². The molecule has 0 saturated carbocycles. The molecule has 0 spiro atoms. The van der Waals surface area contributed by atoms with Crippen LogP contribution in [0.4, 0.5) is 0 Å². The van der Waals surface area contributed by atoms with Gasteiger partial charge in [-0.25, -0.2) is 0 Å². The number of benzene rings is 1. The molecule has 0 amide bonds. The number of methoxy groups -OCH3 is 1. The van der Waals surface area contributed by atoms with Gasteiger partial charge in [0.05, 0.1) is 13.0 Å². The molecule has 0 aliphatic carbocycles. The van der Waals surface area contributed by atoms with Crippen LogP contribution in [-0.2, 0) is 22.5 Å². The molecule has 0 aromatic heterocycles. The zero-order chi connectivity index (χ0) is 12.3. The maximum Gasteiger partial charge on any atom is 0.309 e. The predicted octanol–water partition coefficient (Wildman–Crippen LogP) is 1.85. The lowest BCUT2D eigenvalue weighted by molar-refractivity contribution is -0.145. The van der Waals surface area contributed by atoms with Crippen molar-refractivity contribution in [3.8, 4) is 0 Å². The average molecular weight is 233 g/mol. The maximum absolute atomic E-state index is 11.4. The van der Waals surface area contributed by atoms with Crippen LogP contribution in [0.3, 0.4) is 0 Å². The van der Waals surface area contributed by atoms with E-state index in [-0.39, 0.29) is 11.9 Å². The van der Waals surface area contributed by atoms with E-state index >= 15 is 0 Å². The van der Waals surface area contributed by atoms with E-state index in [1.54, 1.807) is 0 Å². The zero-order valence-corrected chi connectivity index (χ0v) is 10.5. The number of nitrogens with zero attached hydrogens (tertiary/aromatic N) is 1. The first kappa shape index (κ1) is 12.1. The third-order valence-corrected chi connectivity index (χ3v) is 3.35. The van der Waals surface area contributed by atoms with Gasteiger partial charge in [0.25, 0.3) is 0 Å². The summed E-state index contributed by atoms with van der Waals surface area (Å²) in [4.78, 5) is 13.7. The fraction of sp³-hybridized carbons (Fsp3) is 0.500. The Labute approximate surface area is 102 Å². The Morgan fingerprint density at radius 1 is 1.41 bits per heavy atom. The van der Waals surface area contributed by atoms with E-state index in [0.29, 0.717) is 0 Å². The fourth-order valence-electron chi connectivity index (χ4n) is 2.37. The van der Waals surface area contributed by atoms with Crippen LogP contribution in [0.15, 0.2) is 24.3 Å². The molecule has 92 valence electrons. The van der Waals surface area contributed by atoms with Crippen LogP contribution in [-0.4, -0.2) is 31.1 Å². The summed E-state index contributed by atoms with van der Waals surface area (Å²) in [5.74, 6) is -0.172. The molecular formula is C14H19NO2. The first-order chi connectivity index (χ1) is 8.20. The monoisotopic (exact) mass is 233 g/mol. The summed E-state index contributed by atoms with van der Waals surface area (Å²) >= 11 is 0. The maximum atomic E-state index is 11.4. The van der Waals surface area contributed by atoms with Gasteiger partial charge < -0.3 is 4.74 Å². The molecule has 3 heteroatoms.